The maximum Gasteiger partial charge on any atom is 0.227 e. The zero-order chi connectivity index (χ0) is 20.8. The fourth-order valence-electron chi connectivity index (χ4n) is 3.18. The van der Waals surface area contributed by atoms with Crippen molar-refractivity contribution in [3.05, 3.63) is 60.6 Å². The number of nitrogens with one attached hydrogen (secondary N) is 1. The predicted molar refractivity (Wildman–Crippen MR) is 109 cm³/mol. The van der Waals surface area contributed by atoms with Crippen LogP contribution < -0.4 is 19.6 Å². The van der Waals surface area contributed by atoms with Crippen LogP contribution in [0.2, 0.25) is 0 Å². The number of hydrogen-bond donors (Lipinski definition) is 1. The molecule has 3 aromatic rings. The van der Waals surface area contributed by atoms with Crippen LogP contribution in [0.15, 0.2) is 55.0 Å². The lowest BCUT2D eigenvalue weighted by Gasteiger charge is -2.23. The average Bonchev–Trinajstić information content (AvgIpc) is 2.81. The van der Waals surface area contributed by atoms with Gasteiger partial charge in [0.25, 0.3) is 0 Å². The van der Waals surface area contributed by atoms with Crippen molar-refractivity contribution in [3.63, 3.8) is 0 Å². The Morgan fingerprint density at radius 1 is 1.17 bits per heavy atom. The number of nitrogens with zero attached hydrogens (tertiary/aromatic N) is 4. The van der Waals surface area contributed by atoms with Gasteiger partial charge in [0.2, 0.25) is 18.3 Å². The third kappa shape index (κ3) is 4.64. The number of rotatable bonds is 6. The molecule has 0 spiro atoms. The minimum Gasteiger partial charge on any atom is -0.489 e. The van der Waals surface area contributed by atoms with E-state index < -0.39 is 0 Å². The third-order valence-corrected chi connectivity index (χ3v) is 4.78. The molecule has 0 radical (unpaired) electrons. The van der Waals surface area contributed by atoms with E-state index in [9.17, 15) is 5.26 Å². The summed E-state index contributed by atoms with van der Waals surface area (Å²) < 4.78 is 13.0. The van der Waals surface area contributed by atoms with E-state index in [0.717, 1.165) is 24.1 Å². The molecular formula is C22H22N5O3+. The first-order chi connectivity index (χ1) is 14.7. The fourth-order valence-corrected chi connectivity index (χ4v) is 3.18. The quantitative estimate of drug-likeness (QED) is 0.631. The van der Waals surface area contributed by atoms with Crippen LogP contribution in [0.25, 0.3) is 11.3 Å². The second-order valence-corrected chi connectivity index (χ2v) is 6.77. The second-order valence-electron chi connectivity index (χ2n) is 6.77. The Labute approximate surface area is 174 Å². The Bertz CT molecular complexity index is 1040. The molecule has 152 valence electrons. The first-order valence-electron chi connectivity index (χ1n) is 9.70. The van der Waals surface area contributed by atoms with Crippen LogP contribution in [0.1, 0.15) is 18.4 Å². The van der Waals surface area contributed by atoms with Crippen LogP contribution in [-0.4, -0.2) is 36.4 Å². The Morgan fingerprint density at radius 2 is 1.97 bits per heavy atom. The van der Waals surface area contributed by atoms with Crippen molar-refractivity contribution >= 4 is 11.6 Å². The zero-order valence-corrected chi connectivity index (χ0v) is 16.6. The normalized spacial score (nSPS) is 14.0. The highest BCUT2D eigenvalue weighted by Gasteiger charge is 2.17. The fraction of sp³-hybridized carbons (Fsp3) is 0.273. The van der Waals surface area contributed by atoms with Crippen molar-refractivity contribution in [2.75, 3.05) is 25.6 Å². The number of benzene rings is 1. The minimum absolute atomic E-state index is 0.0780. The molecule has 2 aromatic heterocycles. The summed E-state index contributed by atoms with van der Waals surface area (Å²) in [7, 11) is 1.59. The number of pyridine rings is 1. The number of hydrogen-bond acceptors (Lipinski definition) is 7. The highest BCUT2D eigenvalue weighted by Crippen LogP contribution is 2.28. The van der Waals surface area contributed by atoms with E-state index in [-0.39, 0.29) is 6.10 Å². The first-order valence-corrected chi connectivity index (χ1v) is 9.70. The van der Waals surface area contributed by atoms with Crippen molar-refractivity contribution in [1.29, 1.82) is 5.26 Å². The van der Waals surface area contributed by atoms with Gasteiger partial charge in [-0.3, -0.25) is 4.84 Å². The Hall–Kier alpha value is -3.70. The average molecular weight is 404 g/mol. The first kappa shape index (κ1) is 19.6. The predicted octanol–water partition coefficient (Wildman–Crippen LogP) is 2.66. The zero-order valence-electron chi connectivity index (χ0n) is 16.6. The van der Waals surface area contributed by atoms with E-state index in [1.165, 1.54) is 0 Å². The monoisotopic (exact) mass is 404 g/mol. The molecule has 1 aliphatic heterocycles. The van der Waals surface area contributed by atoms with Crippen LogP contribution in [0, 0.1) is 11.3 Å². The summed E-state index contributed by atoms with van der Waals surface area (Å²) >= 11 is 0. The van der Waals surface area contributed by atoms with E-state index in [2.05, 4.69) is 21.4 Å². The Kier molecular flexibility index (Phi) is 6.01. The van der Waals surface area contributed by atoms with Crippen LogP contribution >= 0.6 is 0 Å². The van der Waals surface area contributed by atoms with Gasteiger partial charge in [-0.2, -0.15) is 5.26 Å². The van der Waals surface area contributed by atoms with Gasteiger partial charge in [-0.25, -0.2) is 9.97 Å². The van der Waals surface area contributed by atoms with Gasteiger partial charge in [0, 0.05) is 41.5 Å². The Morgan fingerprint density at radius 3 is 2.70 bits per heavy atom. The Balaban J connectivity index is 1.53. The minimum atomic E-state index is 0.0780. The van der Waals surface area contributed by atoms with Crippen LogP contribution in [0.4, 0.5) is 11.6 Å². The molecule has 1 fully saturated rings. The van der Waals surface area contributed by atoms with Crippen LogP contribution in [-0.2, 0) is 4.74 Å². The van der Waals surface area contributed by atoms with Crippen LogP contribution in [0.5, 0.6) is 5.75 Å². The molecule has 1 aromatic carbocycles. The number of ether oxygens (including phenoxy) is 2. The van der Waals surface area contributed by atoms with E-state index in [1.807, 2.05) is 30.3 Å². The van der Waals surface area contributed by atoms with E-state index in [0.29, 0.717) is 36.2 Å². The van der Waals surface area contributed by atoms with Gasteiger partial charge in [-0.05, 0) is 24.3 Å². The number of nitriles is 1. The summed E-state index contributed by atoms with van der Waals surface area (Å²) in [6.07, 6.45) is 6.98. The lowest BCUT2D eigenvalue weighted by atomic mass is 10.1. The van der Waals surface area contributed by atoms with Gasteiger partial charge in [0.05, 0.1) is 30.2 Å². The van der Waals surface area contributed by atoms with Gasteiger partial charge >= 0.3 is 0 Å². The van der Waals surface area contributed by atoms with Crippen molar-refractivity contribution in [2.24, 2.45) is 0 Å². The molecule has 4 rings (SSSR count). The van der Waals surface area contributed by atoms with E-state index in [4.69, 9.17) is 14.3 Å². The lowest BCUT2D eigenvalue weighted by molar-refractivity contribution is -0.885. The van der Waals surface area contributed by atoms with Crippen molar-refractivity contribution in [1.82, 2.24) is 9.97 Å². The molecule has 8 nitrogen and oxygen atoms in total. The molecule has 1 N–H and O–H groups in total. The molecule has 1 aliphatic rings. The molecule has 0 amide bonds. The maximum absolute atomic E-state index is 9.60. The molecule has 3 heterocycles. The van der Waals surface area contributed by atoms with E-state index >= 15 is 0 Å². The maximum atomic E-state index is 9.60. The summed E-state index contributed by atoms with van der Waals surface area (Å²) in [5, 5.41) is 12.8. The summed E-state index contributed by atoms with van der Waals surface area (Å²) in [5.74, 6) is 1.06. The van der Waals surface area contributed by atoms with E-state index in [1.54, 1.807) is 36.5 Å². The highest BCUT2D eigenvalue weighted by atomic mass is 16.6. The van der Waals surface area contributed by atoms with Gasteiger partial charge < -0.3 is 14.8 Å². The van der Waals surface area contributed by atoms with Crippen LogP contribution in [0.3, 0.4) is 0 Å². The largest absolute Gasteiger partial charge is 0.489 e. The molecule has 30 heavy (non-hydrogen) atoms. The summed E-state index contributed by atoms with van der Waals surface area (Å²) in [6, 6.07) is 13.3. The highest BCUT2D eigenvalue weighted by molar-refractivity contribution is 5.65. The topological polar surface area (TPSA) is 93.2 Å². The second kappa shape index (κ2) is 9.20. The van der Waals surface area contributed by atoms with Gasteiger partial charge in [-0.15, -0.1) is 0 Å². The number of aromatic nitrogens is 3. The molecule has 8 heteroatoms. The van der Waals surface area contributed by atoms with Crippen molar-refractivity contribution < 1.29 is 19.0 Å². The SMILES string of the molecule is CO[n+]1ccc(Nc2nccc(-c3ccc(OC4CCOCC4)c(C#N)c3)n2)cc1. The molecule has 0 bridgehead atoms. The summed E-state index contributed by atoms with van der Waals surface area (Å²) in [5.41, 5.74) is 2.85. The molecule has 0 atom stereocenters. The molecule has 0 saturated carbocycles. The van der Waals surface area contributed by atoms with Crippen molar-refractivity contribution in [3.8, 4) is 23.1 Å². The number of anilines is 2. The molecule has 0 aliphatic carbocycles. The van der Waals surface area contributed by atoms with Crippen molar-refractivity contribution in [2.45, 2.75) is 18.9 Å². The molecular weight excluding hydrogens is 382 g/mol. The summed E-state index contributed by atoms with van der Waals surface area (Å²) in [6.45, 7) is 1.38. The molecule has 0 unspecified atom stereocenters. The van der Waals surface area contributed by atoms with Gasteiger partial charge in [0.15, 0.2) is 0 Å². The standard InChI is InChI=1S/C22H21N5O3/c1-28-27-10-5-18(6-11-27)25-22-24-9-4-20(26-22)16-2-3-21(17(14-16)15-23)30-19-7-12-29-13-8-19/h2-6,9-11,14,19H,7-8,12-13H2,1H3/p+1. The third-order valence-electron chi connectivity index (χ3n) is 4.78. The van der Waals surface area contributed by atoms with Gasteiger partial charge in [-0.1, -0.05) is 0 Å². The molecule has 1 saturated heterocycles. The lowest BCUT2D eigenvalue weighted by Crippen LogP contribution is -2.39. The summed E-state index contributed by atoms with van der Waals surface area (Å²) in [4.78, 5) is 13.9. The van der Waals surface area contributed by atoms with Gasteiger partial charge in [0.1, 0.15) is 25.0 Å². The smallest absolute Gasteiger partial charge is 0.227 e.